The Morgan fingerprint density at radius 2 is 2.17 bits per heavy atom. The van der Waals surface area contributed by atoms with Gasteiger partial charge in [-0.3, -0.25) is 4.68 Å². The summed E-state index contributed by atoms with van der Waals surface area (Å²) in [4.78, 5) is 0. The molecule has 0 radical (unpaired) electrons. The molecule has 0 amide bonds. The molecule has 3 nitrogen and oxygen atoms in total. The van der Waals surface area contributed by atoms with Crippen LogP contribution < -0.4 is 5.32 Å². The van der Waals surface area contributed by atoms with E-state index in [1.54, 1.807) is 25.3 Å². The minimum atomic E-state index is -0.160. The van der Waals surface area contributed by atoms with Gasteiger partial charge in [0.25, 0.3) is 0 Å². The predicted molar refractivity (Wildman–Crippen MR) is 71.1 cm³/mol. The van der Waals surface area contributed by atoms with Gasteiger partial charge in [0.1, 0.15) is 5.82 Å². The van der Waals surface area contributed by atoms with Gasteiger partial charge in [0, 0.05) is 18.8 Å². The lowest BCUT2D eigenvalue weighted by Gasteiger charge is -2.06. The van der Waals surface area contributed by atoms with E-state index < -0.39 is 0 Å². The number of aromatic nitrogens is 2. The summed E-state index contributed by atoms with van der Waals surface area (Å²) < 4.78 is 15.3. The Labute approximate surface area is 107 Å². The summed E-state index contributed by atoms with van der Waals surface area (Å²) in [5.41, 5.74) is 2.55. The third kappa shape index (κ3) is 2.88. The van der Waals surface area contributed by atoms with Gasteiger partial charge in [-0.25, -0.2) is 4.39 Å². The number of nitrogens with zero attached hydrogens (tertiary/aromatic N) is 2. The Hall–Kier alpha value is -1.84. The fraction of sp³-hybridized carbons (Fsp3) is 0.357. The second-order valence-electron chi connectivity index (χ2n) is 4.74. The van der Waals surface area contributed by atoms with E-state index in [4.69, 9.17) is 0 Å². The molecule has 0 fully saturated rings. The molecule has 0 unspecified atom stereocenters. The van der Waals surface area contributed by atoms with E-state index in [2.05, 4.69) is 24.3 Å². The smallest absolute Gasteiger partial charge is 0.126 e. The minimum absolute atomic E-state index is 0.160. The zero-order valence-corrected chi connectivity index (χ0v) is 10.9. The van der Waals surface area contributed by atoms with Gasteiger partial charge in [0.05, 0.1) is 11.9 Å². The fourth-order valence-electron chi connectivity index (χ4n) is 1.66. The van der Waals surface area contributed by atoms with E-state index in [9.17, 15) is 4.39 Å². The number of rotatable bonds is 4. The minimum Gasteiger partial charge on any atom is -0.378 e. The highest BCUT2D eigenvalue weighted by Gasteiger charge is 2.02. The maximum Gasteiger partial charge on any atom is 0.126 e. The maximum atomic E-state index is 13.4. The van der Waals surface area contributed by atoms with E-state index in [1.165, 1.54) is 0 Å². The topological polar surface area (TPSA) is 29.9 Å². The molecule has 0 saturated heterocycles. The quantitative estimate of drug-likeness (QED) is 0.895. The van der Waals surface area contributed by atoms with Crippen molar-refractivity contribution in [1.29, 1.82) is 0 Å². The Bertz CT molecular complexity index is 532. The van der Waals surface area contributed by atoms with E-state index in [0.717, 1.165) is 11.3 Å². The van der Waals surface area contributed by atoms with E-state index in [0.29, 0.717) is 18.2 Å². The number of benzene rings is 1. The molecule has 18 heavy (non-hydrogen) atoms. The number of hydrogen-bond acceptors (Lipinski definition) is 2. The molecule has 1 aromatic carbocycles. The van der Waals surface area contributed by atoms with Crippen LogP contribution in [-0.4, -0.2) is 9.78 Å². The van der Waals surface area contributed by atoms with Crippen LogP contribution >= 0.6 is 0 Å². The highest BCUT2D eigenvalue weighted by molar-refractivity contribution is 5.39. The van der Waals surface area contributed by atoms with Crippen LogP contribution in [0, 0.1) is 12.7 Å². The summed E-state index contributed by atoms with van der Waals surface area (Å²) in [5.74, 6) is -0.160. The molecule has 1 N–H and O–H groups in total. The van der Waals surface area contributed by atoms with Crippen LogP contribution in [0.4, 0.5) is 10.1 Å². The summed E-state index contributed by atoms with van der Waals surface area (Å²) in [6, 6.07) is 5.63. The summed E-state index contributed by atoms with van der Waals surface area (Å²) in [6.07, 6.45) is 3.74. The Morgan fingerprint density at radius 1 is 1.39 bits per heavy atom. The average molecular weight is 247 g/mol. The molecule has 0 atom stereocenters. The van der Waals surface area contributed by atoms with Crippen molar-refractivity contribution in [3.8, 4) is 0 Å². The van der Waals surface area contributed by atoms with Crippen molar-refractivity contribution in [2.75, 3.05) is 5.32 Å². The third-order valence-electron chi connectivity index (χ3n) is 2.86. The number of hydrogen-bond donors (Lipinski definition) is 1. The van der Waals surface area contributed by atoms with Gasteiger partial charge in [-0.05, 0) is 38.0 Å². The zero-order chi connectivity index (χ0) is 13.1. The SMILES string of the molecule is Cc1ccc(CNc2cnn(C(C)C)c2)cc1F. The molecule has 1 aromatic heterocycles. The van der Waals surface area contributed by atoms with Crippen LogP contribution in [0.15, 0.2) is 30.6 Å². The van der Waals surface area contributed by atoms with Gasteiger partial charge in [-0.15, -0.1) is 0 Å². The molecular formula is C14H18FN3. The molecule has 96 valence electrons. The van der Waals surface area contributed by atoms with Crippen molar-refractivity contribution in [2.24, 2.45) is 0 Å². The predicted octanol–water partition coefficient (Wildman–Crippen LogP) is 3.52. The van der Waals surface area contributed by atoms with E-state index >= 15 is 0 Å². The lowest BCUT2D eigenvalue weighted by molar-refractivity contribution is 0.532. The second-order valence-corrected chi connectivity index (χ2v) is 4.74. The number of anilines is 1. The molecular weight excluding hydrogens is 229 g/mol. The Morgan fingerprint density at radius 3 is 2.78 bits per heavy atom. The molecule has 0 aliphatic rings. The maximum absolute atomic E-state index is 13.4. The second kappa shape index (κ2) is 5.21. The van der Waals surface area contributed by atoms with Crippen molar-refractivity contribution in [1.82, 2.24) is 9.78 Å². The molecule has 0 aliphatic carbocycles. The fourth-order valence-corrected chi connectivity index (χ4v) is 1.66. The molecule has 1 heterocycles. The van der Waals surface area contributed by atoms with Gasteiger partial charge < -0.3 is 5.32 Å². The third-order valence-corrected chi connectivity index (χ3v) is 2.86. The normalized spacial score (nSPS) is 10.9. The highest BCUT2D eigenvalue weighted by atomic mass is 19.1. The molecule has 4 heteroatoms. The number of aryl methyl sites for hydroxylation is 1. The van der Waals surface area contributed by atoms with E-state index in [-0.39, 0.29) is 5.82 Å². The lowest BCUT2D eigenvalue weighted by Crippen LogP contribution is -2.01. The molecule has 0 spiro atoms. The lowest BCUT2D eigenvalue weighted by atomic mass is 10.1. The van der Waals surface area contributed by atoms with E-state index in [1.807, 2.05) is 16.9 Å². The number of nitrogens with one attached hydrogen (secondary N) is 1. The molecule has 2 aromatic rings. The van der Waals surface area contributed by atoms with Gasteiger partial charge in [0.2, 0.25) is 0 Å². The largest absolute Gasteiger partial charge is 0.378 e. The van der Waals surface area contributed by atoms with Crippen LogP contribution in [0.1, 0.15) is 31.0 Å². The molecule has 0 bridgehead atoms. The summed E-state index contributed by atoms with van der Waals surface area (Å²) >= 11 is 0. The highest BCUT2D eigenvalue weighted by Crippen LogP contribution is 2.13. The first-order valence-corrected chi connectivity index (χ1v) is 6.09. The first-order valence-electron chi connectivity index (χ1n) is 6.09. The summed E-state index contributed by atoms with van der Waals surface area (Å²) in [7, 11) is 0. The van der Waals surface area contributed by atoms with Crippen LogP contribution in [0.3, 0.4) is 0 Å². The average Bonchev–Trinajstić information content (AvgIpc) is 2.79. The van der Waals surface area contributed by atoms with Gasteiger partial charge in [0.15, 0.2) is 0 Å². The van der Waals surface area contributed by atoms with Crippen molar-refractivity contribution in [3.05, 3.63) is 47.5 Å². The first kappa shape index (κ1) is 12.6. The van der Waals surface area contributed by atoms with Gasteiger partial charge in [-0.2, -0.15) is 5.10 Å². The van der Waals surface area contributed by atoms with Crippen LogP contribution in [-0.2, 0) is 6.54 Å². The Balaban J connectivity index is 2.00. The van der Waals surface area contributed by atoms with Crippen LogP contribution in [0.2, 0.25) is 0 Å². The zero-order valence-electron chi connectivity index (χ0n) is 10.9. The number of halogens is 1. The van der Waals surface area contributed by atoms with Crippen molar-refractivity contribution < 1.29 is 4.39 Å². The van der Waals surface area contributed by atoms with Crippen molar-refractivity contribution in [3.63, 3.8) is 0 Å². The Kier molecular flexibility index (Phi) is 3.65. The van der Waals surface area contributed by atoms with Gasteiger partial charge >= 0.3 is 0 Å². The monoisotopic (exact) mass is 247 g/mol. The molecule has 2 rings (SSSR count). The first-order chi connectivity index (χ1) is 8.56. The van der Waals surface area contributed by atoms with Crippen molar-refractivity contribution in [2.45, 2.75) is 33.4 Å². The van der Waals surface area contributed by atoms with Crippen LogP contribution in [0.25, 0.3) is 0 Å². The summed E-state index contributed by atoms with van der Waals surface area (Å²) in [5, 5.41) is 7.47. The molecule has 0 aliphatic heterocycles. The van der Waals surface area contributed by atoms with Crippen molar-refractivity contribution >= 4 is 5.69 Å². The standard InChI is InChI=1S/C14H18FN3/c1-10(2)18-9-13(8-17-18)16-7-12-5-4-11(3)14(15)6-12/h4-6,8-10,16H,7H2,1-3H3. The molecule has 0 saturated carbocycles. The summed E-state index contributed by atoms with van der Waals surface area (Å²) in [6.45, 7) is 6.51. The van der Waals surface area contributed by atoms with Crippen LogP contribution in [0.5, 0.6) is 0 Å². The van der Waals surface area contributed by atoms with Gasteiger partial charge in [-0.1, -0.05) is 12.1 Å².